The number of benzene rings is 3. The number of ether oxygens (including phenoxy) is 3. The lowest BCUT2D eigenvalue weighted by Gasteiger charge is -2.20. The Kier molecular flexibility index (Phi) is 5.94. The van der Waals surface area contributed by atoms with E-state index in [2.05, 4.69) is 5.32 Å². The van der Waals surface area contributed by atoms with Crippen molar-refractivity contribution in [1.29, 1.82) is 0 Å². The van der Waals surface area contributed by atoms with E-state index >= 15 is 0 Å². The number of nitrogens with one attached hydrogen (secondary N) is 1. The number of anilines is 1. The summed E-state index contributed by atoms with van der Waals surface area (Å²) in [5.74, 6) is 0.336. The van der Waals surface area contributed by atoms with E-state index in [1.165, 1.54) is 0 Å². The molecule has 1 aliphatic heterocycles. The summed E-state index contributed by atoms with van der Waals surface area (Å²) in [6.45, 7) is 0.973. The first kappa shape index (κ1) is 19.5. The molecule has 6 heteroatoms. The van der Waals surface area contributed by atoms with Crippen LogP contribution in [0.3, 0.4) is 0 Å². The van der Waals surface area contributed by atoms with E-state index in [4.69, 9.17) is 14.2 Å². The van der Waals surface area contributed by atoms with Gasteiger partial charge in [-0.25, -0.2) is 0 Å². The van der Waals surface area contributed by atoms with E-state index in [0.29, 0.717) is 36.0 Å². The maximum atomic E-state index is 12.9. The molecular weight excluding hydrogens is 382 g/mol. The maximum Gasteiger partial charge on any atom is 0.311 e. The van der Waals surface area contributed by atoms with Gasteiger partial charge in [0.1, 0.15) is 13.2 Å². The van der Waals surface area contributed by atoms with E-state index in [-0.39, 0.29) is 6.42 Å². The molecule has 0 aromatic heterocycles. The van der Waals surface area contributed by atoms with Gasteiger partial charge in [0.25, 0.3) is 5.91 Å². The second kappa shape index (κ2) is 9.13. The predicted octanol–water partition coefficient (Wildman–Crippen LogP) is 3.92. The van der Waals surface area contributed by atoms with Crippen molar-refractivity contribution in [1.82, 2.24) is 0 Å². The fraction of sp³-hybridized carbons (Fsp3) is 0.167. The zero-order valence-electron chi connectivity index (χ0n) is 16.2. The summed E-state index contributed by atoms with van der Waals surface area (Å²) in [4.78, 5) is 25.5. The molecule has 0 bridgehead atoms. The van der Waals surface area contributed by atoms with Crippen molar-refractivity contribution < 1.29 is 23.8 Å². The summed E-state index contributed by atoms with van der Waals surface area (Å²) in [5, 5.41) is 2.80. The monoisotopic (exact) mass is 403 g/mol. The highest BCUT2D eigenvalue weighted by molar-refractivity contribution is 5.96. The highest BCUT2D eigenvalue weighted by atomic mass is 16.6. The summed E-state index contributed by atoms with van der Waals surface area (Å²) >= 11 is 0. The third kappa shape index (κ3) is 4.78. The number of para-hydroxylation sites is 1. The normalized spacial score (nSPS) is 13.2. The fourth-order valence-electron chi connectivity index (χ4n) is 3.17. The van der Waals surface area contributed by atoms with Gasteiger partial charge in [-0.15, -0.1) is 0 Å². The molecule has 1 N–H and O–H groups in total. The molecule has 0 aliphatic carbocycles. The quantitative estimate of drug-likeness (QED) is 0.632. The molecule has 152 valence electrons. The van der Waals surface area contributed by atoms with Crippen LogP contribution < -0.4 is 14.8 Å². The Morgan fingerprint density at radius 1 is 0.867 bits per heavy atom. The molecule has 3 aromatic carbocycles. The fourth-order valence-corrected chi connectivity index (χ4v) is 3.17. The van der Waals surface area contributed by atoms with Crippen LogP contribution >= 0.6 is 0 Å². The summed E-state index contributed by atoms with van der Waals surface area (Å²) in [6.07, 6.45) is -1.05. The molecule has 3 aromatic rings. The van der Waals surface area contributed by atoms with Crippen LogP contribution in [0.5, 0.6) is 11.5 Å². The molecule has 0 radical (unpaired) electrons. The van der Waals surface area contributed by atoms with Crippen molar-refractivity contribution in [2.24, 2.45) is 0 Å². The van der Waals surface area contributed by atoms with Gasteiger partial charge in [0, 0.05) is 11.3 Å². The van der Waals surface area contributed by atoms with E-state index in [1.807, 2.05) is 24.3 Å². The van der Waals surface area contributed by atoms with Crippen molar-refractivity contribution in [3.63, 3.8) is 0 Å². The zero-order valence-corrected chi connectivity index (χ0v) is 16.2. The lowest BCUT2D eigenvalue weighted by atomic mass is 10.1. The van der Waals surface area contributed by atoms with Gasteiger partial charge in [-0.2, -0.15) is 0 Å². The second-order valence-corrected chi connectivity index (χ2v) is 6.79. The third-order valence-corrected chi connectivity index (χ3v) is 4.59. The predicted molar refractivity (Wildman–Crippen MR) is 111 cm³/mol. The highest BCUT2D eigenvalue weighted by Gasteiger charge is 2.25. The van der Waals surface area contributed by atoms with Crippen LogP contribution in [-0.4, -0.2) is 25.1 Å². The zero-order chi connectivity index (χ0) is 20.8. The lowest BCUT2D eigenvalue weighted by Crippen LogP contribution is -2.26. The standard InChI is InChI=1S/C24H21NO5/c26-22(16-17-11-12-20-21(15-17)29-14-13-28-20)30-23(18-7-3-1-4-8-18)24(27)25-19-9-5-2-6-10-19/h1-12,15,23H,13-14,16H2,(H,25,27)/t23-/m0/s1. The van der Waals surface area contributed by atoms with Crippen molar-refractivity contribution in [2.75, 3.05) is 18.5 Å². The Labute approximate surface area is 174 Å². The Morgan fingerprint density at radius 3 is 2.27 bits per heavy atom. The first-order valence-corrected chi connectivity index (χ1v) is 9.68. The number of hydrogen-bond donors (Lipinski definition) is 1. The lowest BCUT2D eigenvalue weighted by molar-refractivity contribution is -0.154. The van der Waals surface area contributed by atoms with Crippen LogP contribution in [0.15, 0.2) is 78.9 Å². The van der Waals surface area contributed by atoms with Crippen molar-refractivity contribution in [3.05, 3.63) is 90.0 Å². The van der Waals surface area contributed by atoms with E-state index in [1.54, 1.807) is 54.6 Å². The molecule has 6 nitrogen and oxygen atoms in total. The summed E-state index contributed by atoms with van der Waals surface area (Å²) < 4.78 is 16.7. The minimum absolute atomic E-state index is 0.0125. The maximum absolute atomic E-state index is 12.9. The SMILES string of the molecule is O=C(Cc1ccc2c(c1)OCCO2)O[C@H](C(=O)Nc1ccccc1)c1ccccc1. The average molecular weight is 403 g/mol. The second-order valence-electron chi connectivity index (χ2n) is 6.79. The molecule has 4 rings (SSSR count). The minimum Gasteiger partial charge on any atom is -0.486 e. The first-order chi connectivity index (χ1) is 14.7. The number of carbonyl (C=O) groups excluding carboxylic acids is 2. The Hall–Kier alpha value is -3.80. The summed E-state index contributed by atoms with van der Waals surface area (Å²) in [6, 6.07) is 23.3. The van der Waals surface area contributed by atoms with Crippen molar-refractivity contribution in [3.8, 4) is 11.5 Å². The molecule has 1 amide bonds. The number of carbonyl (C=O) groups is 2. The van der Waals surface area contributed by atoms with Crippen LogP contribution in [0, 0.1) is 0 Å². The van der Waals surface area contributed by atoms with Crippen LogP contribution in [0.4, 0.5) is 5.69 Å². The van der Waals surface area contributed by atoms with Gasteiger partial charge in [-0.05, 0) is 29.8 Å². The van der Waals surface area contributed by atoms with Crippen molar-refractivity contribution >= 4 is 17.6 Å². The first-order valence-electron chi connectivity index (χ1n) is 9.68. The Morgan fingerprint density at radius 2 is 1.53 bits per heavy atom. The molecular formula is C24H21NO5. The molecule has 30 heavy (non-hydrogen) atoms. The Bertz CT molecular complexity index is 1020. The van der Waals surface area contributed by atoms with E-state index < -0.39 is 18.0 Å². The number of amides is 1. The Balaban J connectivity index is 1.48. The molecule has 0 fully saturated rings. The van der Waals surface area contributed by atoms with Gasteiger partial charge in [-0.3, -0.25) is 9.59 Å². The molecule has 1 heterocycles. The highest BCUT2D eigenvalue weighted by Crippen LogP contribution is 2.31. The van der Waals surface area contributed by atoms with Gasteiger partial charge in [0.05, 0.1) is 6.42 Å². The smallest absolute Gasteiger partial charge is 0.311 e. The topological polar surface area (TPSA) is 73.9 Å². The van der Waals surface area contributed by atoms with E-state index in [0.717, 1.165) is 5.56 Å². The van der Waals surface area contributed by atoms with E-state index in [9.17, 15) is 9.59 Å². The van der Waals surface area contributed by atoms with Gasteiger partial charge < -0.3 is 19.5 Å². The summed E-state index contributed by atoms with van der Waals surface area (Å²) in [5.41, 5.74) is 1.95. The van der Waals surface area contributed by atoms with Gasteiger partial charge >= 0.3 is 5.97 Å². The molecule has 0 unspecified atom stereocenters. The van der Waals surface area contributed by atoms with Gasteiger partial charge in [0.2, 0.25) is 6.10 Å². The third-order valence-electron chi connectivity index (χ3n) is 4.59. The minimum atomic E-state index is -1.06. The van der Waals surface area contributed by atoms with Crippen LogP contribution in [0.25, 0.3) is 0 Å². The molecule has 1 aliphatic rings. The largest absolute Gasteiger partial charge is 0.486 e. The number of esters is 1. The van der Waals surface area contributed by atoms with Crippen LogP contribution in [-0.2, 0) is 20.7 Å². The molecule has 0 spiro atoms. The van der Waals surface area contributed by atoms with Gasteiger partial charge in [-0.1, -0.05) is 54.6 Å². The van der Waals surface area contributed by atoms with Gasteiger partial charge in [0.15, 0.2) is 11.5 Å². The summed E-state index contributed by atoms with van der Waals surface area (Å²) in [7, 11) is 0. The molecule has 0 saturated carbocycles. The number of fused-ring (bicyclic) bond motifs is 1. The molecule has 1 atom stereocenters. The van der Waals surface area contributed by atoms with Crippen molar-refractivity contribution in [2.45, 2.75) is 12.5 Å². The number of hydrogen-bond acceptors (Lipinski definition) is 5. The number of rotatable bonds is 6. The average Bonchev–Trinajstić information content (AvgIpc) is 2.78. The van der Waals surface area contributed by atoms with Crippen LogP contribution in [0.1, 0.15) is 17.2 Å². The van der Waals surface area contributed by atoms with Crippen LogP contribution in [0.2, 0.25) is 0 Å². The molecule has 0 saturated heterocycles.